The standard InChI is InChI=1S/C43H73NO11/c1-25(22-44-15-17-50-18-16-44)7-6-8-26(2)38-36(20-32-30-10-9-28-19-29(46)11-13-42(28,4)31(30)12-14-43(32,38)5)54-41-40(53-27(3)45)39(35(49)24-52-41)55-37-21-33(47)34(48)23-51-37/h25-26,28-41,46-49H,6-24H2,1-5H3/t25-,26-,28+,29+,30?,31?,32?,33+,34-,35+,36+,37+,38+,39+,40-,41+,42+,43+/m1/s1. The highest BCUT2D eigenvalue weighted by molar-refractivity contribution is 5.66. The second-order valence-corrected chi connectivity index (χ2v) is 19.6. The van der Waals surface area contributed by atoms with Crippen molar-refractivity contribution in [3.63, 3.8) is 0 Å². The highest BCUT2D eigenvalue weighted by Gasteiger charge is 2.64. The topological polar surface area (TPSA) is 157 Å². The zero-order valence-electron chi connectivity index (χ0n) is 34.3. The Morgan fingerprint density at radius 1 is 0.818 bits per heavy atom. The zero-order chi connectivity index (χ0) is 39.1. The van der Waals surface area contributed by atoms with Gasteiger partial charge in [0, 0.05) is 33.0 Å². The first-order valence-electron chi connectivity index (χ1n) is 22.0. The van der Waals surface area contributed by atoms with Gasteiger partial charge in [0.1, 0.15) is 18.3 Å². The highest BCUT2D eigenvalue weighted by atomic mass is 16.7. The Hall–Kier alpha value is -0.930. The van der Waals surface area contributed by atoms with E-state index < -0.39 is 49.1 Å². The number of carbonyl (C=O) groups excluding carboxylic acids is 1. The molecule has 4 aliphatic carbocycles. The molecule has 3 unspecified atom stereocenters. The predicted octanol–water partition coefficient (Wildman–Crippen LogP) is 4.28. The monoisotopic (exact) mass is 780 g/mol. The second kappa shape index (κ2) is 17.7. The van der Waals surface area contributed by atoms with Crippen molar-refractivity contribution in [3.8, 4) is 0 Å². The van der Waals surface area contributed by atoms with E-state index in [0.717, 1.165) is 77.8 Å². The molecular weight excluding hydrogens is 706 g/mol. The first-order valence-corrected chi connectivity index (χ1v) is 22.0. The molecule has 3 heterocycles. The third-order valence-electron chi connectivity index (χ3n) is 16.0. The van der Waals surface area contributed by atoms with Gasteiger partial charge in [-0.25, -0.2) is 0 Å². The number of esters is 1. The lowest BCUT2D eigenvalue weighted by Gasteiger charge is -2.61. The van der Waals surface area contributed by atoms with Crippen molar-refractivity contribution < 1.29 is 53.6 Å². The molecule has 3 aliphatic heterocycles. The average molecular weight is 780 g/mol. The Labute approximate surface area is 329 Å². The van der Waals surface area contributed by atoms with Crippen LogP contribution in [0.1, 0.15) is 112 Å². The van der Waals surface area contributed by atoms with Crippen LogP contribution in [-0.4, -0.2) is 133 Å². The van der Waals surface area contributed by atoms with Crippen LogP contribution in [-0.2, 0) is 33.2 Å². The maximum Gasteiger partial charge on any atom is 0.303 e. The van der Waals surface area contributed by atoms with Crippen LogP contribution in [0.15, 0.2) is 0 Å². The Balaban J connectivity index is 1.10. The molecule has 316 valence electrons. The van der Waals surface area contributed by atoms with Crippen LogP contribution in [0.2, 0.25) is 0 Å². The van der Waals surface area contributed by atoms with Gasteiger partial charge < -0.3 is 48.8 Å². The van der Waals surface area contributed by atoms with Crippen LogP contribution in [0.4, 0.5) is 0 Å². The summed E-state index contributed by atoms with van der Waals surface area (Å²) < 4.78 is 36.7. The molecule has 0 spiro atoms. The van der Waals surface area contributed by atoms with Crippen molar-refractivity contribution in [1.82, 2.24) is 4.90 Å². The smallest absolute Gasteiger partial charge is 0.303 e. The van der Waals surface area contributed by atoms with Crippen LogP contribution >= 0.6 is 0 Å². The molecule has 3 saturated heterocycles. The third kappa shape index (κ3) is 8.99. The average Bonchev–Trinajstić information content (AvgIpc) is 3.44. The molecule has 55 heavy (non-hydrogen) atoms. The van der Waals surface area contributed by atoms with Crippen LogP contribution in [0.3, 0.4) is 0 Å². The van der Waals surface area contributed by atoms with Crippen LogP contribution in [0.5, 0.6) is 0 Å². The van der Waals surface area contributed by atoms with Crippen molar-refractivity contribution in [1.29, 1.82) is 0 Å². The fourth-order valence-electron chi connectivity index (χ4n) is 13.2. The summed E-state index contributed by atoms with van der Waals surface area (Å²) in [5.74, 6) is 3.09. The van der Waals surface area contributed by atoms with Gasteiger partial charge in [0.25, 0.3) is 0 Å². The Morgan fingerprint density at radius 2 is 1.56 bits per heavy atom. The molecule has 0 bridgehead atoms. The van der Waals surface area contributed by atoms with Gasteiger partial charge in [0.2, 0.25) is 0 Å². The summed E-state index contributed by atoms with van der Waals surface area (Å²) in [7, 11) is 0. The minimum atomic E-state index is -1.11. The SMILES string of the molecule is CC(=O)O[C@H]1[C@H](O[C@H]2CC3C4CC[C@H]5C[C@@H](O)CC[C@]5(C)C4CC[C@]3(C)[C@H]2[C@H](C)CCC[C@@H](C)CN2CCOCC2)OC[C@H](O)[C@@H]1O[C@H]1C[C@H](O)[C@H](O)CO1. The molecule has 0 radical (unpaired) electrons. The van der Waals surface area contributed by atoms with E-state index in [0.29, 0.717) is 35.5 Å². The molecule has 12 nitrogen and oxygen atoms in total. The summed E-state index contributed by atoms with van der Waals surface area (Å²) >= 11 is 0. The van der Waals surface area contributed by atoms with Crippen molar-refractivity contribution in [2.24, 2.45) is 52.3 Å². The highest BCUT2D eigenvalue weighted by Crippen LogP contribution is 2.69. The number of rotatable bonds is 12. The maximum atomic E-state index is 12.6. The predicted molar refractivity (Wildman–Crippen MR) is 203 cm³/mol. The fraction of sp³-hybridized carbons (Fsp3) is 0.977. The van der Waals surface area contributed by atoms with Gasteiger partial charge in [-0.15, -0.1) is 0 Å². The summed E-state index contributed by atoms with van der Waals surface area (Å²) in [6, 6.07) is 0. The third-order valence-corrected chi connectivity index (χ3v) is 16.0. The largest absolute Gasteiger partial charge is 0.454 e. The van der Waals surface area contributed by atoms with E-state index in [1.54, 1.807) is 0 Å². The summed E-state index contributed by atoms with van der Waals surface area (Å²) in [4.78, 5) is 15.1. The number of fused-ring (bicyclic) bond motifs is 5. The molecule has 7 fully saturated rings. The number of morpholine rings is 1. The van der Waals surface area contributed by atoms with E-state index in [9.17, 15) is 25.2 Å². The molecular formula is C43H73NO11. The first kappa shape index (κ1) is 42.2. The normalized spacial score (nSPS) is 47.6. The number of ether oxygens (including phenoxy) is 6. The van der Waals surface area contributed by atoms with Gasteiger partial charge in [-0.2, -0.15) is 0 Å². The summed E-state index contributed by atoms with van der Waals surface area (Å²) in [5.41, 5.74) is 0.342. The molecule has 18 atom stereocenters. The summed E-state index contributed by atoms with van der Waals surface area (Å²) in [6.45, 7) is 15.9. The first-order chi connectivity index (χ1) is 26.3. The molecule has 4 N–H and O–H groups in total. The van der Waals surface area contributed by atoms with Crippen molar-refractivity contribution in [3.05, 3.63) is 0 Å². The van der Waals surface area contributed by atoms with Crippen molar-refractivity contribution in [2.45, 2.75) is 167 Å². The van der Waals surface area contributed by atoms with E-state index in [1.165, 1.54) is 32.6 Å². The molecule has 12 heteroatoms. The maximum absolute atomic E-state index is 12.6. The molecule has 0 amide bonds. The van der Waals surface area contributed by atoms with Crippen molar-refractivity contribution >= 4 is 5.97 Å². The Bertz CT molecular complexity index is 1270. The van der Waals surface area contributed by atoms with Gasteiger partial charge in [-0.05, 0) is 110 Å². The molecule has 0 aromatic heterocycles. The van der Waals surface area contributed by atoms with E-state index in [2.05, 4.69) is 32.6 Å². The van der Waals surface area contributed by atoms with Crippen LogP contribution < -0.4 is 0 Å². The number of hydrogen-bond donors (Lipinski definition) is 4. The van der Waals surface area contributed by atoms with E-state index in [1.807, 2.05) is 0 Å². The number of carbonyl (C=O) groups is 1. The van der Waals surface area contributed by atoms with E-state index >= 15 is 0 Å². The molecule has 4 saturated carbocycles. The lowest BCUT2D eigenvalue weighted by atomic mass is 9.44. The zero-order valence-corrected chi connectivity index (χ0v) is 34.3. The number of hydrogen-bond acceptors (Lipinski definition) is 12. The van der Waals surface area contributed by atoms with Crippen molar-refractivity contribution in [2.75, 3.05) is 46.1 Å². The van der Waals surface area contributed by atoms with Crippen LogP contribution in [0.25, 0.3) is 0 Å². The fourth-order valence-corrected chi connectivity index (χ4v) is 13.2. The quantitative estimate of drug-likeness (QED) is 0.209. The minimum absolute atomic E-state index is 0.0260. The Kier molecular flexibility index (Phi) is 13.6. The van der Waals surface area contributed by atoms with Gasteiger partial charge in [-0.1, -0.05) is 40.5 Å². The van der Waals surface area contributed by atoms with E-state index in [-0.39, 0.29) is 48.6 Å². The van der Waals surface area contributed by atoms with Gasteiger partial charge in [0.15, 0.2) is 18.7 Å². The molecule has 0 aromatic rings. The van der Waals surface area contributed by atoms with Crippen LogP contribution in [0, 0.1) is 52.3 Å². The lowest BCUT2D eigenvalue weighted by Crippen LogP contribution is -2.59. The number of nitrogens with zero attached hydrogens (tertiary/aromatic N) is 1. The minimum Gasteiger partial charge on any atom is -0.454 e. The number of aliphatic hydroxyl groups excluding tert-OH is 4. The van der Waals surface area contributed by atoms with Gasteiger partial charge in [0.05, 0.1) is 44.7 Å². The Morgan fingerprint density at radius 3 is 2.31 bits per heavy atom. The molecule has 0 aromatic carbocycles. The number of aliphatic hydroxyl groups is 4. The lowest BCUT2D eigenvalue weighted by molar-refractivity contribution is -0.326. The second-order valence-electron chi connectivity index (χ2n) is 19.6. The summed E-state index contributed by atoms with van der Waals surface area (Å²) in [5, 5.41) is 42.1. The van der Waals surface area contributed by atoms with E-state index in [4.69, 9.17) is 28.4 Å². The molecule has 7 aliphatic rings. The van der Waals surface area contributed by atoms with Gasteiger partial charge >= 0.3 is 5.97 Å². The molecule has 7 rings (SSSR count). The summed E-state index contributed by atoms with van der Waals surface area (Å²) in [6.07, 6.45) is 4.77. The van der Waals surface area contributed by atoms with Gasteiger partial charge in [-0.3, -0.25) is 9.69 Å².